The molecular weight excluding hydrogens is 241 g/mol. The van der Waals surface area contributed by atoms with Crippen LogP contribution in [0.5, 0.6) is 0 Å². The summed E-state index contributed by atoms with van der Waals surface area (Å²) in [5, 5.41) is 3.35. The Kier molecular flexibility index (Phi) is 5.16. The molecule has 0 saturated carbocycles. The van der Waals surface area contributed by atoms with E-state index in [-0.39, 0.29) is 5.82 Å². The molecule has 19 heavy (non-hydrogen) atoms. The summed E-state index contributed by atoms with van der Waals surface area (Å²) >= 11 is 0. The average Bonchev–Trinajstić information content (AvgIpc) is 2.78. The van der Waals surface area contributed by atoms with E-state index < -0.39 is 0 Å². The lowest BCUT2D eigenvalue weighted by Crippen LogP contribution is -2.39. The van der Waals surface area contributed by atoms with E-state index in [1.54, 1.807) is 12.1 Å². The van der Waals surface area contributed by atoms with Crippen LogP contribution in [0.25, 0.3) is 0 Å². The molecule has 0 aromatic heterocycles. The molecule has 1 aliphatic rings. The Balaban J connectivity index is 1.74. The maximum Gasteiger partial charge on any atom is 0.123 e. The van der Waals surface area contributed by atoms with E-state index in [0.717, 1.165) is 25.3 Å². The number of benzene rings is 1. The van der Waals surface area contributed by atoms with Gasteiger partial charge in [-0.25, -0.2) is 4.39 Å². The van der Waals surface area contributed by atoms with Gasteiger partial charge in [0.25, 0.3) is 0 Å². The number of nitrogens with one attached hydrogen (secondary N) is 1. The first kappa shape index (κ1) is 14.3. The monoisotopic (exact) mass is 265 g/mol. The Hall–Kier alpha value is -1.13. The number of halogens is 1. The van der Waals surface area contributed by atoms with Gasteiger partial charge >= 0.3 is 0 Å². The molecule has 1 N–H and O–H groups in total. The standard InChI is InChI=1S/C15H24FN3/c1-18(2)12-15-4-3-10-19(15)11-9-17-14-7-5-13(16)6-8-14/h5-8,15,17H,3-4,9-12H2,1-2H3. The predicted molar refractivity (Wildman–Crippen MR) is 78.0 cm³/mol. The molecule has 1 saturated heterocycles. The number of likely N-dealkylation sites (tertiary alicyclic amines) is 1. The van der Waals surface area contributed by atoms with Crippen LogP contribution in [0.3, 0.4) is 0 Å². The van der Waals surface area contributed by atoms with Crippen LogP contribution in [0.4, 0.5) is 10.1 Å². The zero-order chi connectivity index (χ0) is 13.7. The molecule has 1 aromatic carbocycles. The lowest BCUT2D eigenvalue weighted by molar-refractivity contribution is 0.214. The first-order valence-corrected chi connectivity index (χ1v) is 7.03. The van der Waals surface area contributed by atoms with Crippen LogP contribution < -0.4 is 5.32 Å². The van der Waals surface area contributed by atoms with E-state index in [1.807, 2.05) is 0 Å². The summed E-state index contributed by atoms with van der Waals surface area (Å²) < 4.78 is 12.8. The topological polar surface area (TPSA) is 18.5 Å². The molecule has 1 aliphatic heterocycles. The molecule has 1 unspecified atom stereocenters. The van der Waals surface area contributed by atoms with Crippen molar-refractivity contribution in [3.05, 3.63) is 30.1 Å². The Morgan fingerprint density at radius 1 is 1.32 bits per heavy atom. The SMILES string of the molecule is CN(C)CC1CCCN1CCNc1ccc(F)cc1. The van der Waals surface area contributed by atoms with Crippen molar-refractivity contribution < 1.29 is 4.39 Å². The first-order valence-electron chi connectivity index (χ1n) is 7.03. The smallest absolute Gasteiger partial charge is 0.123 e. The lowest BCUT2D eigenvalue weighted by atomic mass is 10.2. The van der Waals surface area contributed by atoms with Gasteiger partial charge in [-0.2, -0.15) is 0 Å². The quantitative estimate of drug-likeness (QED) is 0.851. The Bertz CT molecular complexity index is 377. The van der Waals surface area contributed by atoms with Crippen molar-refractivity contribution >= 4 is 5.69 Å². The normalized spacial score (nSPS) is 20.1. The maximum atomic E-state index is 12.8. The number of anilines is 1. The Morgan fingerprint density at radius 3 is 2.74 bits per heavy atom. The van der Waals surface area contributed by atoms with Crippen molar-refractivity contribution in [3.63, 3.8) is 0 Å². The van der Waals surface area contributed by atoms with E-state index in [0.29, 0.717) is 6.04 Å². The maximum absolute atomic E-state index is 12.8. The highest BCUT2D eigenvalue weighted by molar-refractivity contribution is 5.42. The van der Waals surface area contributed by atoms with Gasteiger partial charge in [0, 0.05) is 31.4 Å². The highest BCUT2D eigenvalue weighted by Gasteiger charge is 2.23. The third-order valence-corrected chi connectivity index (χ3v) is 3.65. The number of likely N-dealkylation sites (N-methyl/N-ethyl adjacent to an activating group) is 1. The van der Waals surface area contributed by atoms with Gasteiger partial charge in [-0.15, -0.1) is 0 Å². The van der Waals surface area contributed by atoms with E-state index in [2.05, 4.69) is 29.2 Å². The van der Waals surface area contributed by atoms with E-state index >= 15 is 0 Å². The second kappa shape index (κ2) is 6.87. The molecule has 1 heterocycles. The van der Waals surface area contributed by atoms with E-state index in [4.69, 9.17) is 0 Å². The van der Waals surface area contributed by atoms with Crippen LogP contribution in [0.2, 0.25) is 0 Å². The minimum absolute atomic E-state index is 0.184. The third-order valence-electron chi connectivity index (χ3n) is 3.65. The molecule has 0 aliphatic carbocycles. The fourth-order valence-electron chi connectivity index (χ4n) is 2.73. The minimum atomic E-state index is -0.184. The zero-order valence-electron chi connectivity index (χ0n) is 11.9. The van der Waals surface area contributed by atoms with Crippen molar-refractivity contribution in [2.24, 2.45) is 0 Å². The van der Waals surface area contributed by atoms with E-state index in [9.17, 15) is 4.39 Å². The second-order valence-electron chi connectivity index (χ2n) is 5.53. The number of rotatable bonds is 6. The summed E-state index contributed by atoms with van der Waals surface area (Å²) in [6.07, 6.45) is 2.60. The van der Waals surface area contributed by atoms with Crippen molar-refractivity contribution in [3.8, 4) is 0 Å². The molecule has 1 aromatic rings. The van der Waals surface area contributed by atoms with Crippen LogP contribution in [0.1, 0.15) is 12.8 Å². The summed E-state index contributed by atoms with van der Waals surface area (Å²) in [5.74, 6) is -0.184. The predicted octanol–water partition coefficient (Wildman–Crippen LogP) is 2.26. The molecule has 3 nitrogen and oxygen atoms in total. The molecule has 1 atom stereocenters. The average molecular weight is 265 g/mol. The van der Waals surface area contributed by atoms with Crippen molar-refractivity contribution in [2.45, 2.75) is 18.9 Å². The summed E-state index contributed by atoms with van der Waals surface area (Å²) in [7, 11) is 4.26. The van der Waals surface area contributed by atoms with Gasteiger partial charge in [-0.05, 0) is 57.7 Å². The van der Waals surface area contributed by atoms with Crippen molar-refractivity contribution in [1.29, 1.82) is 0 Å². The van der Waals surface area contributed by atoms with Gasteiger partial charge in [-0.3, -0.25) is 4.90 Å². The molecular formula is C15H24FN3. The van der Waals surface area contributed by atoms with E-state index in [1.165, 1.54) is 31.5 Å². The van der Waals surface area contributed by atoms with Crippen LogP contribution in [-0.4, -0.2) is 56.1 Å². The van der Waals surface area contributed by atoms with Gasteiger partial charge < -0.3 is 10.2 Å². The Morgan fingerprint density at radius 2 is 2.05 bits per heavy atom. The van der Waals surface area contributed by atoms with Gasteiger partial charge in [0.2, 0.25) is 0 Å². The molecule has 0 radical (unpaired) electrons. The summed E-state index contributed by atoms with van der Waals surface area (Å²) in [6.45, 7) is 4.30. The van der Waals surface area contributed by atoms with Crippen LogP contribution >= 0.6 is 0 Å². The van der Waals surface area contributed by atoms with Crippen LogP contribution in [0.15, 0.2) is 24.3 Å². The van der Waals surface area contributed by atoms with Crippen LogP contribution in [-0.2, 0) is 0 Å². The minimum Gasteiger partial charge on any atom is -0.384 e. The molecule has 0 bridgehead atoms. The highest BCUT2D eigenvalue weighted by Crippen LogP contribution is 2.17. The largest absolute Gasteiger partial charge is 0.384 e. The van der Waals surface area contributed by atoms with Crippen molar-refractivity contribution in [2.75, 3.05) is 45.6 Å². The van der Waals surface area contributed by atoms with Crippen LogP contribution in [0, 0.1) is 5.82 Å². The molecule has 0 spiro atoms. The van der Waals surface area contributed by atoms with Gasteiger partial charge in [0.1, 0.15) is 5.82 Å². The van der Waals surface area contributed by atoms with Gasteiger partial charge in [0.15, 0.2) is 0 Å². The number of hydrogen-bond donors (Lipinski definition) is 1. The molecule has 106 valence electrons. The molecule has 2 rings (SSSR count). The second-order valence-corrected chi connectivity index (χ2v) is 5.53. The molecule has 0 amide bonds. The molecule has 1 fully saturated rings. The number of nitrogens with zero attached hydrogens (tertiary/aromatic N) is 2. The highest BCUT2D eigenvalue weighted by atomic mass is 19.1. The first-order chi connectivity index (χ1) is 9.15. The summed E-state index contributed by atoms with van der Waals surface area (Å²) in [5.41, 5.74) is 0.991. The number of hydrogen-bond acceptors (Lipinski definition) is 3. The fourth-order valence-corrected chi connectivity index (χ4v) is 2.73. The van der Waals surface area contributed by atoms with Gasteiger partial charge in [-0.1, -0.05) is 0 Å². The molecule has 4 heteroatoms. The van der Waals surface area contributed by atoms with Gasteiger partial charge in [0.05, 0.1) is 0 Å². The Labute approximate surface area is 115 Å². The fraction of sp³-hybridized carbons (Fsp3) is 0.600. The third kappa shape index (κ3) is 4.48. The van der Waals surface area contributed by atoms with Crippen molar-refractivity contribution in [1.82, 2.24) is 9.80 Å². The lowest BCUT2D eigenvalue weighted by Gasteiger charge is -2.27. The summed E-state index contributed by atoms with van der Waals surface area (Å²) in [6, 6.07) is 7.25. The summed E-state index contributed by atoms with van der Waals surface area (Å²) in [4.78, 5) is 4.81. The zero-order valence-corrected chi connectivity index (χ0v) is 11.9.